The number of hydrogen-bond donors (Lipinski definition) is 2. The summed E-state index contributed by atoms with van der Waals surface area (Å²) in [7, 11) is 0. The van der Waals surface area contributed by atoms with Crippen LogP contribution in [0, 0.1) is 0 Å². The van der Waals surface area contributed by atoms with Crippen molar-refractivity contribution in [2.24, 2.45) is 5.73 Å². The number of halogens is 4. The molecule has 0 amide bonds. The topological polar surface area (TPSA) is 103 Å². The molecule has 0 radical (unpaired) electrons. The molecule has 1 aromatic carbocycles. The van der Waals surface area contributed by atoms with Crippen molar-refractivity contribution < 1.29 is 23.1 Å². The minimum Gasteiger partial charge on any atom is -0.382 e. The molecule has 3 N–H and O–H groups in total. The van der Waals surface area contributed by atoms with E-state index < -0.39 is 36.8 Å². The molecule has 0 aliphatic carbocycles. The summed E-state index contributed by atoms with van der Waals surface area (Å²) in [6.07, 6.45) is -7.68. The Morgan fingerprint density at radius 3 is 2.44 bits per heavy atom. The van der Waals surface area contributed by atoms with E-state index in [1.165, 1.54) is 24.3 Å². The maximum Gasteiger partial charge on any atom is 0.416 e. The second-order valence-electron chi connectivity index (χ2n) is 5.18. The number of aromatic nitrogens is 3. The highest BCUT2D eigenvalue weighted by Crippen LogP contribution is 2.23. The van der Waals surface area contributed by atoms with Gasteiger partial charge in [0.2, 0.25) is 0 Å². The van der Waals surface area contributed by atoms with E-state index in [1.807, 2.05) is 0 Å². The van der Waals surface area contributed by atoms with E-state index in [1.54, 1.807) is 0 Å². The van der Waals surface area contributed by atoms with Crippen LogP contribution in [-0.4, -0.2) is 44.1 Å². The summed E-state index contributed by atoms with van der Waals surface area (Å²) in [5.74, 6) is -0.652. The summed E-state index contributed by atoms with van der Waals surface area (Å²) in [5, 5.41) is 13.6. The molecule has 2 aromatic rings. The average Bonchev–Trinajstić information content (AvgIpc) is 2.84. The fraction of sp³-hybridized carbons (Fsp3) is 0.357. The molecule has 11 heteroatoms. The van der Waals surface area contributed by atoms with E-state index in [9.17, 15) is 27.9 Å². The number of carbonyl (C=O) groups is 1. The number of nitrogens with two attached hydrogens (primary N) is 1. The smallest absolute Gasteiger partial charge is 0.382 e. The number of carbonyl (C=O) groups excluding carboxylic acids is 1. The first-order valence-electron chi connectivity index (χ1n) is 7.03. The van der Waals surface area contributed by atoms with Crippen LogP contribution in [0.25, 0.3) is 11.4 Å². The first-order valence-corrected chi connectivity index (χ1v) is 7.41. The Kier molecular flexibility index (Phi) is 5.65. The predicted octanol–water partition coefficient (Wildman–Crippen LogP) is 0.816. The molecular weight excluding hydrogens is 365 g/mol. The lowest BCUT2D eigenvalue weighted by molar-refractivity contribution is -0.207. The number of Topliss-reactive ketones (excluding diaryl/α,β-unsaturated/α-hetero) is 1. The van der Waals surface area contributed by atoms with Crippen molar-refractivity contribution in [2.45, 2.75) is 25.4 Å². The van der Waals surface area contributed by atoms with Gasteiger partial charge >= 0.3 is 11.9 Å². The molecule has 0 bridgehead atoms. The summed E-state index contributed by atoms with van der Waals surface area (Å²) in [6, 6.07) is 5.84. The summed E-state index contributed by atoms with van der Waals surface area (Å²) in [5.41, 5.74) is 4.52. The van der Waals surface area contributed by atoms with Crippen LogP contribution in [0.1, 0.15) is 0 Å². The van der Waals surface area contributed by atoms with Crippen LogP contribution in [0.4, 0.5) is 13.2 Å². The monoisotopic (exact) mass is 378 g/mol. The Balaban J connectivity index is 2.51. The quantitative estimate of drug-likeness (QED) is 0.774. The van der Waals surface area contributed by atoms with Crippen LogP contribution in [-0.2, 0) is 17.9 Å². The number of nitrogens with zero attached hydrogens (tertiary/aromatic N) is 3. The van der Waals surface area contributed by atoms with Gasteiger partial charge in [0, 0.05) is 10.6 Å². The Bertz CT molecular complexity index is 814. The molecule has 136 valence electrons. The van der Waals surface area contributed by atoms with E-state index in [0.29, 0.717) is 19.8 Å². The molecule has 0 saturated carbocycles. The Hall–Kier alpha value is -2.17. The third-order valence-electron chi connectivity index (χ3n) is 3.31. The van der Waals surface area contributed by atoms with Gasteiger partial charge in [-0.3, -0.25) is 9.36 Å². The number of rotatable bonds is 6. The van der Waals surface area contributed by atoms with Crippen molar-refractivity contribution in [3.8, 4) is 11.4 Å². The third kappa shape index (κ3) is 4.47. The summed E-state index contributed by atoms with van der Waals surface area (Å²) in [4.78, 5) is 23.7. The Morgan fingerprint density at radius 1 is 1.32 bits per heavy atom. The predicted molar refractivity (Wildman–Crippen MR) is 83.1 cm³/mol. The van der Waals surface area contributed by atoms with Crippen LogP contribution in [0.5, 0.6) is 0 Å². The van der Waals surface area contributed by atoms with E-state index in [2.05, 4.69) is 5.10 Å². The molecule has 25 heavy (non-hydrogen) atoms. The van der Waals surface area contributed by atoms with Crippen molar-refractivity contribution >= 4 is 17.4 Å². The Labute approximate surface area is 144 Å². The van der Waals surface area contributed by atoms with Crippen molar-refractivity contribution in [2.75, 3.05) is 6.54 Å². The van der Waals surface area contributed by atoms with Crippen molar-refractivity contribution in [1.29, 1.82) is 0 Å². The van der Waals surface area contributed by atoms with Crippen LogP contribution in [0.15, 0.2) is 29.1 Å². The maximum absolute atomic E-state index is 12.6. The van der Waals surface area contributed by atoms with Gasteiger partial charge in [0.25, 0.3) is 0 Å². The molecular formula is C14H14ClF3N4O3. The first-order chi connectivity index (χ1) is 11.6. The van der Waals surface area contributed by atoms with Gasteiger partial charge in [-0.2, -0.15) is 13.2 Å². The minimum atomic E-state index is -4.91. The van der Waals surface area contributed by atoms with Gasteiger partial charge in [-0.25, -0.2) is 9.48 Å². The third-order valence-corrected chi connectivity index (χ3v) is 3.56. The van der Waals surface area contributed by atoms with E-state index in [4.69, 9.17) is 17.3 Å². The lowest BCUT2D eigenvalue weighted by Gasteiger charge is -2.15. The van der Waals surface area contributed by atoms with Gasteiger partial charge in [0.15, 0.2) is 17.7 Å². The normalized spacial score (nSPS) is 13.0. The lowest BCUT2D eigenvalue weighted by atomic mass is 10.2. The lowest BCUT2D eigenvalue weighted by Crippen LogP contribution is -2.37. The number of ketones is 1. The second kappa shape index (κ2) is 7.38. The van der Waals surface area contributed by atoms with Crippen LogP contribution in [0.3, 0.4) is 0 Å². The van der Waals surface area contributed by atoms with Gasteiger partial charge in [0.05, 0.1) is 13.1 Å². The molecule has 1 heterocycles. The zero-order valence-corrected chi connectivity index (χ0v) is 13.5. The molecule has 0 aliphatic heterocycles. The van der Waals surface area contributed by atoms with Crippen molar-refractivity contribution in [3.05, 3.63) is 39.8 Å². The number of benzene rings is 1. The summed E-state index contributed by atoms with van der Waals surface area (Å²) < 4.78 is 39.3. The average molecular weight is 379 g/mol. The molecule has 1 atom stereocenters. The van der Waals surface area contributed by atoms with Gasteiger partial charge in [-0.15, -0.1) is 5.10 Å². The van der Waals surface area contributed by atoms with E-state index in [-0.39, 0.29) is 12.4 Å². The van der Waals surface area contributed by atoms with Gasteiger partial charge < -0.3 is 10.8 Å². The van der Waals surface area contributed by atoms with Crippen LogP contribution in [0.2, 0.25) is 5.02 Å². The van der Waals surface area contributed by atoms with Gasteiger partial charge in [-0.1, -0.05) is 11.6 Å². The molecule has 1 aromatic heterocycles. The SMILES string of the molecule is NCC(=O)Cn1nc(-c2ccc(Cl)cc2)n(C[C@@H](O)C(F)(F)F)c1=O. The number of aliphatic hydroxyl groups is 1. The van der Waals surface area contributed by atoms with E-state index >= 15 is 0 Å². The highest BCUT2D eigenvalue weighted by atomic mass is 35.5. The fourth-order valence-corrected chi connectivity index (χ4v) is 2.16. The first kappa shape index (κ1) is 19.2. The molecule has 0 fully saturated rings. The molecule has 2 rings (SSSR count). The highest BCUT2D eigenvalue weighted by Gasteiger charge is 2.39. The standard InChI is InChI=1S/C14H14ClF3N4O3/c15-9-3-1-8(2-4-9)12-20-22(6-10(23)5-19)13(25)21(12)7-11(24)14(16,17)18/h1-4,11,24H,5-7,19H2/t11-/m1/s1. The summed E-state index contributed by atoms with van der Waals surface area (Å²) in [6.45, 7) is -1.89. The number of aliphatic hydroxyl groups excluding tert-OH is 1. The van der Waals surface area contributed by atoms with E-state index in [0.717, 1.165) is 0 Å². The Morgan fingerprint density at radius 2 is 1.92 bits per heavy atom. The largest absolute Gasteiger partial charge is 0.416 e. The summed E-state index contributed by atoms with van der Waals surface area (Å²) >= 11 is 5.77. The second-order valence-corrected chi connectivity index (χ2v) is 5.62. The maximum atomic E-state index is 12.6. The molecule has 0 saturated heterocycles. The fourth-order valence-electron chi connectivity index (χ4n) is 2.03. The van der Waals surface area contributed by atoms with Gasteiger partial charge in [-0.05, 0) is 24.3 Å². The van der Waals surface area contributed by atoms with Gasteiger partial charge in [0.1, 0.15) is 6.54 Å². The molecule has 0 aliphatic rings. The number of hydrogen-bond acceptors (Lipinski definition) is 5. The molecule has 7 nitrogen and oxygen atoms in total. The zero-order chi connectivity index (χ0) is 18.8. The molecule has 0 unspecified atom stereocenters. The molecule has 0 spiro atoms. The van der Waals surface area contributed by atoms with Crippen molar-refractivity contribution in [1.82, 2.24) is 14.3 Å². The highest BCUT2D eigenvalue weighted by molar-refractivity contribution is 6.30. The van der Waals surface area contributed by atoms with Crippen molar-refractivity contribution in [3.63, 3.8) is 0 Å². The van der Waals surface area contributed by atoms with Crippen LogP contribution >= 0.6 is 11.6 Å². The van der Waals surface area contributed by atoms with Crippen LogP contribution < -0.4 is 11.4 Å². The zero-order valence-electron chi connectivity index (χ0n) is 12.7. The minimum absolute atomic E-state index is 0.130. The number of alkyl halides is 3.